The van der Waals surface area contributed by atoms with Crippen molar-refractivity contribution in [1.82, 2.24) is 5.32 Å². The normalized spacial score (nSPS) is 19.9. The number of nitrogens with two attached hydrogens (primary N) is 1. The molecule has 0 radical (unpaired) electrons. The first-order valence-electron chi connectivity index (χ1n) is 8.54. The van der Waals surface area contributed by atoms with Crippen LogP contribution in [0.25, 0.3) is 0 Å². The number of ether oxygens (including phenoxy) is 1. The monoisotopic (exact) mass is 324 g/mol. The summed E-state index contributed by atoms with van der Waals surface area (Å²) in [5, 5.41) is 3.12. The predicted octanol–water partition coefficient (Wildman–Crippen LogP) is 3.12. The Bertz CT molecular complexity index is 672. The number of carbonyl (C=O) groups is 1. The van der Waals surface area contributed by atoms with Gasteiger partial charge in [-0.25, -0.2) is 0 Å². The van der Waals surface area contributed by atoms with Crippen molar-refractivity contribution in [2.45, 2.75) is 31.9 Å². The van der Waals surface area contributed by atoms with Crippen LogP contribution in [-0.4, -0.2) is 18.5 Å². The molecule has 1 aliphatic carbocycles. The molecule has 3 N–H and O–H groups in total. The van der Waals surface area contributed by atoms with Crippen LogP contribution in [-0.2, 0) is 6.61 Å². The molecule has 4 nitrogen and oxygen atoms in total. The Morgan fingerprint density at radius 2 is 1.96 bits per heavy atom. The van der Waals surface area contributed by atoms with Gasteiger partial charge in [-0.2, -0.15) is 0 Å². The highest BCUT2D eigenvalue weighted by atomic mass is 16.5. The molecule has 126 valence electrons. The Hall–Kier alpha value is -2.33. The Balaban J connectivity index is 1.61. The molecule has 0 saturated heterocycles. The van der Waals surface area contributed by atoms with E-state index in [4.69, 9.17) is 10.5 Å². The molecule has 1 saturated carbocycles. The molecule has 2 atom stereocenters. The minimum atomic E-state index is -0.0505. The van der Waals surface area contributed by atoms with Crippen LogP contribution in [0.4, 0.5) is 0 Å². The summed E-state index contributed by atoms with van der Waals surface area (Å²) in [6.45, 7) is 1.12. The summed E-state index contributed by atoms with van der Waals surface area (Å²) in [4.78, 5) is 12.5. The van der Waals surface area contributed by atoms with Crippen LogP contribution < -0.4 is 15.8 Å². The molecule has 1 aliphatic rings. The van der Waals surface area contributed by atoms with Gasteiger partial charge in [0, 0.05) is 11.6 Å². The van der Waals surface area contributed by atoms with Gasteiger partial charge in [0.15, 0.2) is 0 Å². The number of hydrogen-bond acceptors (Lipinski definition) is 3. The highest BCUT2D eigenvalue weighted by Crippen LogP contribution is 2.25. The first kappa shape index (κ1) is 16.5. The maximum Gasteiger partial charge on any atom is 0.251 e. The van der Waals surface area contributed by atoms with E-state index in [1.165, 1.54) is 0 Å². The maximum atomic E-state index is 12.5. The molecule has 0 spiro atoms. The lowest BCUT2D eigenvalue weighted by Gasteiger charge is -2.19. The van der Waals surface area contributed by atoms with E-state index in [0.717, 1.165) is 24.8 Å². The van der Waals surface area contributed by atoms with Gasteiger partial charge in [-0.1, -0.05) is 42.8 Å². The molecular weight excluding hydrogens is 300 g/mol. The highest BCUT2D eigenvalue weighted by molar-refractivity contribution is 5.94. The fourth-order valence-electron chi connectivity index (χ4n) is 3.23. The minimum absolute atomic E-state index is 0.0505. The van der Waals surface area contributed by atoms with Crippen LogP contribution >= 0.6 is 0 Å². The summed E-state index contributed by atoms with van der Waals surface area (Å²) < 4.78 is 5.80. The number of hydrogen-bond donors (Lipinski definition) is 2. The Morgan fingerprint density at radius 1 is 1.12 bits per heavy atom. The van der Waals surface area contributed by atoms with Crippen molar-refractivity contribution in [2.24, 2.45) is 11.7 Å². The van der Waals surface area contributed by atoms with E-state index in [2.05, 4.69) is 5.32 Å². The largest absolute Gasteiger partial charge is 0.489 e. The van der Waals surface area contributed by atoms with Crippen LogP contribution in [0.5, 0.6) is 5.75 Å². The lowest BCUT2D eigenvalue weighted by Crippen LogP contribution is -2.39. The average Bonchev–Trinajstić information content (AvgIpc) is 3.08. The second-order valence-electron chi connectivity index (χ2n) is 6.31. The third-order valence-corrected chi connectivity index (χ3v) is 4.62. The number of carbonyl (C=O) groups excluding carboxylic acids is 1. The van der Waals surface area contributed by atoms with Gasteiger partial charge in [-0.05, 0) is 49.1 Å². The van der Waals surface area contributed by atoms with Crippen molar-refractivity contribution in [1.29, 1.82) is 0 Å². The molecule has 0 heterocycles. The van der Waals surface area contributed by atoms with Crippen LogP contribution in [0.2, 0.25) is 0 Å². The summed E-state index contributed by atoms with van der Waals surface area (Å²) in [7, 11) is 0. The van der Waals surface area contributed by atoms with Gasteiger partial charge in [0.05, 0.1) is 0 Å². The second kappa shape index (κ2) is 7.97. The van der Waals surface area contributed by atoms with Crippen LogP contribution in [0.15, 0.2) is 54.6 Å². The molecular formula is C20H24N2O2. The van der Waals surface area contributed by atoms with Crippen molar-refractivity contribution in [3.8, 4) is 5.75 Å². The number of amides is 1. The average molecular weight is 324 g/mol. The minimum Gasteiger partial charge on any atom is -0.489 e. The van der Waals surface area contributed by atoms with Crippen LogP contribution in [0.1, 0.15) is 35.2 Å². The molecule has 1 amide bonds. The molecule has 0 aromatic heterocycles. The topological polar surface area (TPSA) is 64.3 Å². The molecule has 2 aromatic carbocycles. The van der Waals surface area contributed by atoms with E-state index in [1.54, 1.807) is 6.07 Å². The molecule has 3 rings (SSSR count). The van der Waals surface area contributed by atoms with Gasteiger partial charge in [0.25, 0.3) is 5.91 Å². The summed E-state index contributed by atoms with van der Waals surface area (Å²) >= 11 is 0. The van der Waals surface area contributed by atoms with Crippen molar-refractivity contribution in [3.05, 3.63) is 65.7 Å². The Kier molecular flexibility index (Phi) is 5.49. The van der Waals surface area contributed by atoms with E-state index >= 15 is 0 Å². The molecule has 4 heteroatoms. The summed E-state index contributed by atoms with van der Waals surface area (Å²) in [6, 6.07) is 17.5. The summed E-state index contributed by atoms with van der Waals surface area (Å²) in [5.74, 6) is 1.05. The van der Waals surface area contributed by atoms with E-state index < -0.39 is 0 Å². The van der Waals surface area contributed by atoms with E-state index in [0.29, 0.717) is 30.4 Å². The van der Waals surface area contributed by atoms with Gasteiger partial charge >= 0.3 is 0 Å². The first-order chi connectivity index (χ1) is 11.8. The van der Waals surface area contributed by atoms with E-state index in [-0.39, 0.29) is 11.9 Å². The summed E-state index contributed by atoms with van der Waals surface area (Å²) in [6.07, 6.45) is 3.24. The van der Waals surface area contributed by atoms with E-state index in [1.807, 2.05) is 48.5 Å². The third kappa shape index (κ3) is 4.15. The number of nitrogens with one attached hydrogen (secondary N) is 1. The van der Waals surface area contributed by atoms with Crippen LogP contribution in [0, 0.1) is 5.92 Å². The first-order valence-corrected chi connectivity index (χ1v) is 8.54. The Morgan fingerprint density at radius 3 is 2.75 bits per heavy atom. The SMILES string of the molecule is NCC1CCCC1NC(=O)c1cccc(OCc2ccccc2)c1. The van der Waals surface area contributed by atoms with Gasteiger partial charge in [-0.15, -0.1) is 0 Å². The predicted molar refractivity (Wildman–Crippen MR) is 94.9 cm³/mol. The zero-order chi connectivity index (χ0) is 16.8. The quantitative estimate of drug-likeness (QED) is 0.858. The summed E-state index contributed by atoms with van der Waals surface area (Å²) in [5.41, 5.74) is 7.52. The van der Waals surface area contributed by atoms with Crippen molar-refractivity contribution < 1.29 is 9.53 Å². The zero-order valence-electron chi connectivity index (χ0n) is 13.8. The number of rotatable bonds is 6. The third-order valence-electron chi connectivity index (χ3n) is 4.62. The van der Waals surface area contributed by atoms with Crippen molar-refractivity contribution >= 4 is 5.91 Å². The zero-order valence-corrected chi connectivity index (χ0v) is 13.8. The lowest BCUT2D eigenvalue weighted by atomic mass is 10.0. The maximum absolute atomic E-state index is 12.5. The lowest BCUT2D eigenvalue weighted by molar-refractivity contribution is 0.0928. The van der Waals surface area contributed by atoms with Gasteiger partial charge in [0.1, 0.15) is 12.4 Å². The van der Waals surface area contributed by atoms with Crippen molar-refractivity contribution in [2.75, 3.05) is 6.54 Å². The van der Waals surface area contributed by atoms with Gasteiger partial charge in [0.2, 0.25) is 0 Å². The van der Waals surface area contributed by atoms with Crippen molar-refractivity contribution in [3.63, 3.8) is 0 Å². The molecule has 0 aliphatic heterocycles. The molecule has 0 bridgehead atoms. The fourth-order valence-corrected chi connectivity index (χ4v) is 3.23. The second-order valence-corrected chi connectivity index (χ2v) is 6.31. The van der Waals surface area contributed by atoms with E-state index in [9.17, 15) is 4.79 Å². The highest BCUT2D eigenvalue weighted by Gasteiger charge is 2.27. The molecule has 2 aromatic rings. The van der Waals surface area contributed by atoms with Crippen LogP contribution in [0.3, 0.4) is 0 Å². The fraction of sp³-hybridized carbons (Fsp3) is 0.350. The van der Waals surface area contributed by atoms with Gasteiger partial charge in [-0.3, -0.25) is 4.79 Å². The molecule has 2 unspecified atom stereocenters. The van der Waals surface area contributed by atoms with Gasteiger partial charge < -0.3 is 15.8 Å². The standard InChI is InChI=1S/C20H24N2O2/c21-13-17-9-5-11-19(17)22-20(23)16-8-4-10-18(12-16)24-14-15-6-2-1-3-7-15/h1-4,6-8,10,12,17,19H,5,9,11,13-14,21H2,(H,22,23). The number of benzene rings is 2. The smallest absolute Gasteiger partial charge is 0.251 e. The Labute approximate surface area is 143 Å². The molecule has 1 fully saturated rings. The molecule has 24 heavy (non-hydrogen) atoms.